The van der Waals surface area contributed by atoms with E-state index in [4.69, 9.17) is 16.6 Å². The number of imidazole rings is 1. The molecule has 4 heteroatoms. The molecular weight excluding hydrogens is 288 g/mol. The molecule has 0 unspecified atom stereocenters. The van der Waals surface area contributed by atoms with Crippen molar-refractivity contribution in [2.24, 2.45) is 0 Å². The highest BCUT2D eigenvalue weighted by molar-refractivity contribution is 7.11. The molecule has 2 heterocycles. The maximum Gasteiger partial charge on any atom is 0.111 e. The maximum atomic E-state index is 5.92. The monoisotopic (exact) mass is 304 g/mol. The predicted octanol–water partition coefficient (Wildman–Crippen LogP) is 4.54. The van der Waals surface area contributed by atoms with Crippen molar-refractivity contribution in [3.8, 4) is 0 Å². The van der Waals surface area contributed by atoms with Gasteiger partial charge in [-0.15, -0.1) is 22.9 Å². The SMILES string of the molecule is Cc1ccc2nc(CCCl)n(Cc3ccc(C)s3)c2c1. The largest absolute Gasteiger partial charge is 0.323 e. The quantitative estimate of drug-likeness (QED) is 0.647. The van der Waals surface area contributed by atoms with Crippen molar-refractivity contribution in [2.45, 2.75) is 26.8 Å². The summed E-state index contributed by atoms with van der Waals surface area (Å²) in [5, 5.41) is 0. The summed E-state index contributed by atoms with van der Waals surface area (Å²) >= 11 is 7.77. The zero-order valence-corrected chi connectivity index (χ0v) is 13.3. The normalized spacial score (nSPS) is 11.3. The molecule has 3 aromatic rings. The summed E-state index contributed by atoms with van der Waals surface area (Å²) < 4.78 is 2.30. The Bertz CT molecular complexity index is 742. The van der Waals surface area contributed by atoms with E-state index in [1.807, 2.05) is 11.3 Å². The summed E-state index contributed by atoms with van der Waals surface area (Å²) in [5.41, 5.74) is 3.53. The Labute approximate surface area is 128 Å². The number of hydrogen-bond donors (Lipinski definition) is 0. The predicted molar refractivity (Wildman–Crippen MR) is 87.1 cm³/mol. The summed E-state index contributed by atoms with van der Waals surface area (Å²) in [4.78, 5) is 7.44. The zero-order chi connectivity index (χ0) is 14.1. The highest BCUT2D eigenvalue weighted by Crippen LogP contribution is 2.23. The van der Waals surface area contributed by atoms with E-state index in [2.05, 4.69) is 48.7 Å². The van der Waals surface area contributed by atoms with Crippen LogP contribution in [0.1, 0.15) is 21.1 Å². The van der Waals surface area contributed by atoms with Crippen LogP contribution in [0.25, 0.3) is 11.0 Å². The highest BCUT2D eigenvalue weighted by Gasteiger charge is 2.11. The van der Waals surface area contributed by atoms with Gasteiger partial charge < -0.3 is 4.57 Å². The Morgan fingerprint density at radius 2 is 2.05 bits per heavy atom. The molecule has 0 spiro atoms. The number of aromatic nitrogens is 2. The average Bonchev–Trinajstić information content (AvgIpc) is 2.96. The average molecular weight is 305 g/mol. The van der Waals surface area contributed by atoms with Gasteiger partial charge in [-0.1, -0.05) is 6.07 Å². The molecule has 2 nitrogen and oxygen atoms in total. The molecule has 104 valence electrons. The lowest BCUT2D eigenvalue weighted by Crippen LogP contribution is -2.05. The van der Waals surface area contributed by atoms with E-state index in [0.29, 0.717) is 5.88 Å². The lowest BCUT2D eigenvalue weighted by atomic mass is 10.2. The van der Waals surface area contributed by atoms with Gasteiger partial charge in [0, 0.05) is 22.1 Å². The van der Waals surface area contributed by atoms with E-state index in [1.165, 1.54) is 20.8 Å². The van der Waals surface area contributed by atoms with Gasteiger partial charge in [0.05, 0.1) is 17.6 Å². The first-order valence-corrected chi connectivity index (χ1v) is 8.09. The van der Waals surface area contributed by atoms with Crippen LogP contribution in [0.4, 0.5) is 0 Å². The first-order valence-electron chi connectivity index (χ1n) is 6.74. The molecule has 0 fully saturated rings. The van der Waals surface area contributed by atoms with Gasteiger partial charge in [-0.05, 0) is 43.7 Å². The Morgan fingerprint density at radius 1 is 1.20 bits per heavy atom. The molecular formula is C16H17ClN2S. The van der Waals surface area contributed by atoms with Crippen LogP contribution in [0.5, 0.6) is 0 Å². The number of nitrogens with zero attached hydrogens (tertiary/aromatic N) is 2. The van der Waals surface area contributed by atoms with Gasteiger partial charge in [0.25, 0.3) is 0 Å². The van der Waals surface area contributed by atoms with E-state index < -0.39 is 0 Å². The smallest absolute Gasteiger partial charge is 0.111 e. The minimum absolute atomic E-state index is 0.603. The fourth-order valence-electron chi connectivity index (χ4n) is 2.46. The van der Waals surface area contributed by atoms with Crippen LogP contribution in [-0.4, -0.2) is 15.4 Å². The van der Waals surface area contributed by atoms with Crippen LogP contribution < -0.4 is 0 Å². The van der Waals surface area contributed by atoms with Gasteiger partial charge in [-0.3, -0.25) is 0 Å². The minimum atomic E-state index is 0.603. The zero-order valence-electron chi connectivity index (χ0n) is 11.7. The molecule has 0 aliphatic heterocycles. The second kappa shape index (κ2) is 5.58. The molecule has 0 saturated heterocycles. The number of benzene rings is 1. The topological polar surface area (TPSA) is 17.8 Å². The minimum Gasteiger partial charge on any atom is -0.323 e. The van der Waals surface area contributed by atoms with E-state index in [0.717, 1.165) is 24.3 Å². The number of thiophene rings is 1. The van der Waals surface area contributed by atoms with Crippen LogP contribution in [0, 0.1) is 13.8 Å². The first kappa shape index (κ1) is 13.7. The third-order valence-electron chi connectivity index (χ3n) is 3.41. The van der Waals surface area contributed by atoms with Crippen molar-refractivity contribution < 1.29 is 0 Å². The molecule has 0 bridgehead atoms. The summed E-state index contributed by atoms with van der Waals surface area (Å²) in [6.45, 7) is 5.14. The molecule has 0 radical (unpaired) electrons. The van der Waals surface area contributed by atoms with Crippen molar-refractivity contribution in [2.75, 3.05) is 5.88 Å². The molecule has 1 aromatic carbocycles. The highest BCUT2D eigenvalue weighted by atomic mass is 35.5. The van der Waals surface area contributed by atoms with Crippen LogP contribution in [0.3, 0.4) is 0 Å². The summed E-state index contributed by atoms with van der Waals surface area (Å²) in [5.74, 6) is 1.68. The summed E-state index contributed by atoms with van der Waals surface area (Å²) in [7, 11) is 0. The van der Waals surface area contributed by atoms with Gasteiger partial charge in [-0.25, -0.2) is 4.98 Å². The second-order valence-electron chi connectivity index (χ2n) is 5.06. The van der Waals surface area contributed by atoms with Gasteiger partial charge >= 0.3 is 0 Å². The molecule has 0 saturated carbocycles. The van der Waals surface area contributed by atoms with Gasteiger partial charge in [-0.2, -0.15) is 0 Å². The maximum absolute atomic E-state index is 5.92. The standard InChI is InChI=1S/C16H17ClN2S/c1-11-3-6-14-15(9-11)19(16(18-14)7-8-17)10-13-5-4-12(2)20-13/h3-6,9H,7-8,10H2,1-2H3. The number of fused-ring (bicyclic) bond motifs is 1. The number of halogens is 1. The first-order chi connectivity index (χ1) is 9.67. The third-order valence-corrected chi connectivity index (χ3v) is 4.59. The van der Waals surface area contributed by atoms with Crippen molar-refractivity contribution in [1.29, 1.82) is 0 Å². The van der Waals surface area contributed by atoms with Crippen molar-refractivity contribution in [3.05, 3.63) is 51.5 Å². The lowest BCUT2D eigenvalue weighted by Gasteiger charge is -2.07. The van der Waals surface area contributed by atoms with E-state index >= 15 is 0 Å². The Balaban J connectivity index is 2.09. The van der Waals surface area contributed by atoms with Gasteiger partial charge in [0.1, 0.15) is 5.82 Å². The molecule has 3 rings (SSSR count). The van der Waals surface area contributed by atoms with Crippen LogP contribution in [-0.2, 0) is 13.0 Å². The fraction of sp³-hybridized carbons (Fsp3) is 0.312. The molecule has 0 aliphatic rings. The Hall–Kier alpha value is -1.32. The van der Waals surface area contributed by atoms with E-state index in [-0.39, 0.29) is 0 Å². The molecule has 0 aliphatic carbocycles. The summed E-state index contributed by atoms with van der Waals surface area (Å²) in [6.07, 6.45) is 0.805. The molecule has 20 heavy (non-hydrogen) atoms. The second-order valence-corrected chi connectivity index (χ2v) is 6.81. The third kappa shape index (κ3) is 2.60. The van der Waals surface area contributed by atoms with Crippen molar-refractivity contribution >= 4 is 34.0 Å². The number of aryl methyl sites for hydroxylation is 3. The molecule has 0 atom stereocenters. The Kier molecular flexibility index (Phi) is 3.81. The summed E-state index contributed by atoms with van der Waals surface area (Å²) in [6, 6.07) is 10.8. The van der Waals surface area contributed by atoms with Crippen LogP contribution >= 0.6 is 22.9 Å². The number of rotatable bonds is 4. The van der Waals surface area contributed by atoms with Crippen LogP contribution in [0.2, 0.25) is 0 Å². The van der Waals surface area contributed by atoms with Crippen LogP contribution in [0.15, 0.2) is 30.3 Å². The van der Waals surface area contributed by atoms with Crippen molar-refractivity contribution in [1.82, 2.24) is 9.55 Å². The Morgan fingerprint density at radius 3 is 2.75 bits per heavy atom. The fourth-order valence-corrected chi connectivity index (χ4v) is 3.51. The molecule has 0 N–H and O–H groups in total. The molecule has 2 aromatic heterocycles. The number of hydrogen-bond acceptors (Lipinski definition) is 2. The van der Waals surface area contributed by atoms with Gasteiger partial charge in [0.2, 0.25) is 0 Å². The lowest BCUT2D eigenvalue weighted by molar-refractivity contribution is 0.763. The molecule has 0 amide bonds. The number of alkyl halides is 1. The van der Waals surface area contributed by atoms with E-state index in [9.17, 15) is 0 Å². The van der Waals surface area contributed by atoms with E-state index in [1.54, 1.807) is 0 Å². The van der Waals surface area contributed by atoms with Gasteiger partial charge in [0.15, 0.2) is 0 Å². The van der Waals surface area contributed by atoms with Crippen molar-refractivity contribution in [3.63, 3.8) is 0 Å².